The molecule has 138 heavy (non-hydrogen) atoms. The molecular weight excluding hydrogens is 1840 g/mol. The lowest BCUT2D eigenvalue weighted by molar-refractivity contribution is -0.276. The largest absolute Gasteiger partial charge is 0.412 e. The maximum Gasteiger partial charge on any atom is 0.313 e. The number of halogens is 10. The van der Waals surface area contributed by atoms with Crippen LogP contribution in [0.25, 0.3) is 0 Å². The van der Waals surface area contributed by atoms with Gasteiger partial charge in [-0.3, -0.25) is 14.4 Å². The van der Waals surface area contributed by atoms with Crippen molar-refractivity contribution in [1.29, 1.82) is 0 Å². The number of amides is 3. The van der Waals surface area contributed by atoms with Crippen molar-refractivity contribution >= 4 is 28.8 Å². The summed E-state index contributed by atoms with van der Waals surface area (Å²) in [5.74, 6) is -18.4. The minimum absolute atomic E-state index is 0. The molecule has 3 amide bonds. The zero-order valence-electron chi connectivity index (χ0n) is 76.7. The van der Waals surface area contributed by atoms with Gasteiger partial charge in [0.05, 0.1) is 66.1 Å². The number of methoxy groups -OCH3 is 7. The molecule has 0 aromatic heterocycles. The Kier molecular flexibility index (Phi) is 273. The summed E-state index contributed by atoms with van der Waals surface area (Å²) in [5, 5.41) is 1.53. The second-order valence-electron chi connectivity index (χ2n) is 26.0. The van der Waals surface area contributed by atoms with E-state index in [4.69, 9.17) is 46.9 Å². The molecule has 886 valence electrons. The van der Waals surface area contributed by atoms with E-state index in [0.29, 0.717) is 90.6 Å². The Morgan fingerprint density at radius 1 is 0.297 bits per heavy atom. The topological polar surface area (TPSA) is 251 Å². The minimum atomic E-state index is -4.49. The van der Waals surface area contributed by atoms with Gasteiger partial charge >= 0.3 is 5.67 Å². The normalized spacial score (nSPS) is 12.3. The zero-order valence-corrected chi connectivity index (χ0v) is 77.5. The Bertz CT molecular complexity index is 1940. The quantitative estimate of drug-likeness (QED) is 0.0312. The minimum Gasteiger partial charge on any atom is -0.412 e. The average molecular weight is 2100 g/mol. The van der Waals surface area contributed by atoms with Crippen molar-refractivity contribution in [2.45, 2.75) is 430 Å². The Labute approximate surface area is 861 Å². The van der Waals surface area contributed by atoms with Gasteiger partial charge in [-0.25, -0.2) is 48.1 Å². The first-order chi connectivity index (χ1) is 54.5. The molecule has 1 unspecified atom stereocenters. The third-order valence-corrected chi connectivity index (χ3v) is 16.4. The third kappa shape index (κ3) is 139. The first-order valence-electron chi connectivity index (χ1n) is 41.3. The van der Waals surface area contributed by atoms with Gasteiger partial charge in [-0.1, -0.05) is 257 Å². The molecule has 35 heteroatoms. The predicted molar refractivity (Wildman–Crippen MR) is 593 cm³/mol. The maximum absolute atomic E-state index is 14.5. The van der Waals surface area contributed by atoms with Gasteiger partial charge in [0.25, 0.3) is 29.6 Å². The lowest BCUT2D eigenvalue weighted by atomic mass is 9.77. The Hall–Kier alpha value is -2.82. The number of unbranched alkanes of at least 4 members (excludes halogenated alkanes) is 6. The van der Waals surface area contributed by atoms with Crippen LogP contribution in [-0.2, 0) is 96.1 Å². The molecule has 2 fully saturated rings. The molecule has 0 heterocycles. The highest BCUT2D eigenvalue weighted by Crippen LogP contribution is 2.55. The van der Waals surface area contributed by atoms with Crippen LogP contribution in [0.15, 0.2) is 0 Å². The van der Waals surface area contributed by atoms with Gasteiger partial charge in [0.15, 0.2) is 11.1 Å². The van der Waals surface area contributed by atoms with Gasteiger partial charge in [-0.15, -0.1) is 0 Å². The standard InChI is InChI=1S/C13H20F5NO2.C9H13F5O.C9H19NO2.C8H19NO3S.2C8H18O.C7H15NO2.C6H14O2.C5H12O.2C4H10O2.22CH4.H2O/c1-3-19(8-9-21-4-2)10(20)13(18)11(14,15)6-5-7-12(13,16)17;1-15-6-5-7(10)8(11,12)3-2-4-9(7,13)14;1-4-7-12-8-6-10(5-2)9(3)11;1-4-5-7-11-8-6-9(2)12-13(3)10;2*1-3-5-7-9-8-6-4-2;1-4-10-6-5-8(3)7(2)9;1-3-4-8-6-5-7-2;1-3-4-5-6-2;2*1-5-3-4-6-2;;;;;;;;;;;;;;;;;;;;;;;/h3-9H2,1-2H3;2-6H2,1H3;4-8H2,1-3H3;4-8H2,1-3H3;2*3-8H2,1-2H3;4-6H2,1-3H3;3-6H2,1-2H3;3-5H2,1-2H3;2*3-4H2,1-2H3;22*1H4;1H2. The van der Waals surface area contributed by atoms with Crippen molar-refractivity contribution < 1.29 is 139 Å². The van der Waals surface area contributed by atoms with Crippen LogP contribution in [0, 0.1) is 0 Å². The van der Waals surface area contributed by atoms with Crippen LogP contribution in [0.2, 0.25) is 0 Å². The van der Waals surface area contributed by atoms with Crippen molar-refractivity contribution in [1.82, 2.24) is 19.8 Å². The van der Waals surface area contributed by atoms with Gasteiger partial charge in [0, 0.05) is 228 Å². The highest BCUT2D eigenvalue weighted by atomic mass is 32.2. The van der Waals surface area contributed by atoms with Gasteiger partial charge in [-0.05, 0) is 91.9 Å². The number of ether oxygens (including phenoxy) is 14. The van der Waals surface area contributed by atoms with Gasteiger partial charge in [0.1, 0.15) is 0 Å². The molecule has 2 rings (SSSR count). The van der Waals surface area contributed by atoms with E-state index in [2.05, 4.69) is 79.1 Å². The van der Waals surface area contributed by atoms with Gasteiger partial charge in [0.2, 0.25) is 17.5 Å². The number of carbonyl (C=O) groups is 3. The lowest BCUT2D eigenvalue weighted by Crippen LogP contribution is -2.68. The zero-order chi connectivity index (χ0) is 90.2. The first-order valence-corrected chi connectivity index (χ1v) is 42.8. The van der Waals surface area contributed by atoms with Crippen LogP contribution in [0.4, 0.5) is 43.9 Å². The predicted octanol–water partition coefficient (Wildman–Crippen LogP) is 30.4. The summed E-state index contributed by atoms with van der Waals surface area (Å²) in [4.78, 5) is 37.6. The fraction of sp³-hybridized carbons (Fsp3) is 0.971. The Morgan fingerprint density at radius 3 is 0.797 bits per heavy atom. The molecule has 2 N–H and O–H groups in total. The fourth-order valence-corrected chi connectivity index (χ4v) is 9.06. The molecule has 1 atom stereocenters. The van der Waals surface area contributed by atoms with Gasteiger partial charge in [-0.2, -0.15) is 9.35 Å². The van der Waals surface area contributed by atoms with Crippen molar-refractivity contribution in [2.75, 3.05) is 248 Å². The number of rotatable bonds is 53. The van der Waals surface area contributed by atoms with Crippen LogP contribution in [0.3, 0.4) is 0 Å². The lowest BCUT2D eigenvalue weighted by Gasteiger charge is -2.43. The summed E-state index contributed by atoms with van der Waals surface area (Å²) >= 11 is -1.23. The smallest absolute Gasteiger partial charge is 0.313 e. The number of alkyl halides is 10. The van der Waals surface area contributed by atoms with E-state index < -0.39 is 97.1 Å². The summed E-state index contributed by atoms with van der Waals surface area (Å²) in [5.41, 5.74) is -8.26. The molecule has 0 bridgehead atoms. The molecule has 2 aliphatic rings. The molecule has 2 saturated carbocycles. The molecule has 2 aliphatic carbocycles. The number of carbonyl (C=O) groups excluding carboxylic acids is 3. The number of nitrogens with zero attached hydrogens (tertiary/aromatic N) is 4. The summed E-state index contributed by atoms with van der Waals surface area (Å²) in [6, 6.07) is 0. The summed E-state index contributed by atoms with van der Waals surface area (Å²) in [6.07, 6.45) is 12.4. The van der Waals surface area contributed by atoms with E-state index in [1.165, 1.54) is 82.5 Å². The van der Waals surface area contributed by atoms with Crippen LogP contribution < -0.4 is 0 Å². The number of likely N-dealkylation sites (N-methyl/N-ethyl adjacent to an activating group) is 4. The summed E-state index contributed by atoms with van der Waals surface area (Å²) in [6.45, 7) is 43.6. The van der Waals surface area contributed by atoms with E-state index in [1.807, 2.05) is 13.8 Å². The Morgan fingerprint density at radius 2 is 0.543 bits per heavy atom. The van der Waals surface area contributed by atoms with Crippen molar-refractivity contribution in [3.8, 4) is 0 Å². The van der Waals surface area contributed by atoms with Crippen molar-refractivity contribution in [3.05, 3.63) is 0 Å². The van der Waals surface area contributed by atoms with Crippen LogP contribution in [0.1, 0.15) is 395 Å². The van der Waals surface area contributed by atoms with Crippen LogP contribution in [0.5, 0.6) is 0 Å². The molecule has 0 aromatic carbocycles. The highest BCUT2D eigenvalue weighted by Gasteiger charge is 2.76. The number of hydrogen-bond acceptors (Lipinski definition) is 20. The van der Waals surface area contributed by atoms with Crippen molar-refractivity contribution in [3.63, 3.8) is 0 Å². The molecule has 0 spiro atoms. The van der Waals surface area contributed by atoms with Crippen molar-refractivity contribution in [2.24, 2.45) is 0 Å². The summed E-state index contributed by atoms with van der Waals surface area (Å²) < 4.78 is 220. The molecule has 24 nitrogen and oxygen atoms in total. The SMILES string of the molecule is C.C.C.C.C.C.C.C.C.C.C.C.C.C.C.C.C.C.C.C.C.C.CCCCOC.CCCCOCCCC.CCCCOCCCC.CCCCOCCN(C)OS(C)=O.CCCOCCN(CC)C(C)=O.CCCOCCOC.CCOCCN(C)C(C)=O.CCOCCN(CC)C(=O)C1(F)C(F)(F)CCCC1(F)F.COCCC1(F)C(F)(F)CCCC1(F)F.COCCOC.COCCOC.O. The molecule has 0 saturated heterocycles. The van der Waals surface area contributed by atoms with E-state index in [9.17, 15) is 62.5 Å². The second kappa shape index (κ2) is 165. The maximum atomic E-state index is 14.5. The third-order valence-electron chi connectivity index (χ3n) is 15.9. The molecule has 0 aromatic rings. The molecular formula is C103H258F10N4O20S. The number of hydroxylamine groups is 2. The van der Waals surface area contributed by atoms with Crippen LogP contribution >= 0.6 is 0 Å². The second-order valence-corrected chi connectivity index (χ2v) is 27.0. The average Bonchev–Trinajstić information content (AvgIpc) is 0.729. The number of hydrogen-bond donors (Lipinski definition) is 0. The van der Waals surface area contributed by atoms with Crippen LogP contribution in [-0.4, -0.2) is 330 Å². The van der Waals surface area contributed by atoms with Gasteiger partial charge < -0.3 is 86.5 Å². The molecule has 0 radical (unpaired) electrons. The van der Waals surface area contributed by atoms with E-state index in [-0.39, 0.29) is 207 Å². The first kappa shape index (κ1) is 229. The van der Waals surface area contributed by atoms with E-state index in [1.54, 1.807) is 87.3 Å². The fourth-order valence-electron chi connectivity index (χ4n) is 8.62. The Balaban J connectivity index is -0.0000000299. The molecule has 0 aliphatic heterocycles. The van der Waals surface area contributed by atoms with E-state index >= 15 is 0 Å². The highest BCUT2D eigenvalue weighted by molar-refractivity contribution is 7.79. The summed E-state index contributed by atoms with van der Waals surface area (Å²) in [7, 11) is 14.7. The monoisotopic (exact) mass is 2090 g/mol. The van der Waals surface area contributed by atoms with E-state index in [0.717, 1.165) is 98.8 Å².